The molecule has 2 unspecified atom stereocenters. The Morgan fingerprint density at radius 2 is 2.00 bits per heavy atom. The quantitative estimate of drug-likeness (QED) is 0.785. The first-order chi connectivity index (χ1) is 9.97. The maximum atomic E-state index is 10.5. The fourth-order valence-electron chi connectivity index (χ4n) is 3.27. The van der Waals surface area contributed by atoms with Crippen LogP contribution in [0.25, 0.3) is 0 Å². The standard InChI is InChI=1S/C19H29NO/c1-13(2)9-16-10-14(3)11-17(19(16)21)12-20-18-8-6-5-7-15(18)4/h10-13,15,18,21H,5-9H2,1-4H3. The summed E-state index contributed by atoms with van der Waals surface area (Å²) in [6, 6.07) is 4.55. The second-order valence-electron chi connectivity index (χ2n) is 7.07. The summed E-state index contributed by atoms with van der Waals surface area (Å²) in [5, 5.41) is 10.5. The zero-order chi connectivity index (χ0) is 15.4. The summed E-state index contributed by atoms with van der Waals surface area (Å²) in [6.45, 7) is 8.74. The largest absolute Gasteiger partial charge is 0.507 e. The predicted molar refractivity (Wildman–Crippen MR) is 90.4 cm³/mol. The van der Waals surface area contributed by atoms with Crippen molar-refractivity contribution in [3.8, 4) is 5.75 Å². The van der Waals surface area contributed by atoms with Gasteiger partial charge in [-0.15, -0.1) is 0 Å². The summed E-state index contributed by atoms with van der Waals surface area (Å²) in [5.41, 5.74) is 3.12. The first-order valence-corrected chi connectivity index (χ1v) is 8.33. The van der Waals surface area contributed by atoms with Crippen LogP contribution in [0, 0.1) is 18.8 Å². The molecule has 0 heterocycles. The predicted octanol–water partition coefficient (Wildman–Crippen LogP) is 4.90. The molecule has 0 aromatic heterocycles. The van der Waals surface area contributed by atoms with E-state index in [9.17, 15) is 5.11 Å². The van der Waals surface area contributed by atoms with Crippen LogP contribution in [0.3, 0.4) is 0 Å². The summed E-state index contributed by atoms with van der Waals surface area (Å²) in [6.07, 6.45) is 7.89. The molecule has 1 N–H and O–H groups in total. The third-order valence-electron chi connectivity index (χ3n) is 4.46. The van der Waals surface area contributed by atoms with E-state index in [-0.39, 0.29) is 0 Å². The third-order valence-corrected chi connectivity index (χ3v) is 4.46. The number of nitrogens with zero attached hydrogens (tertiary/aromatic N) is 1. The Balaban J connectivity index is 2.20. The molecule has 0 bridgehead atoms. The topological polar surface area (TPSA) is 32.6 Å². The van der Waals surface area contributed by atoms with Crippen molar-refractivity contribution in [2.75, 3.05) is 0 Å². The van der Waals surface area contributed by atoms with E-state index in [4.69, 9.17) is 4.99 Å². The highest BCUT2D eigenvalue weighted by atomic mass is 16.3. The van der Waals surface area contributed by atoms with E-state index in [0.29, 0.717) is 23.6 Å². The van der Waals surface area contributed by atoms with Crippen LogP contribution in [-0.2, 0) is 6.42 Å². The zero-order valence-corrected chi connectivity index (χ0v) is 13.9. The lowest BCUT2D eigenvalue weighted by atomic mass is 9.86. The van der Waals surface area contributed by atoms with Gasteiger partial charge in [-0.3, -0.25) is 4.99 Å². The van der Waals surface area contributed by atoms with E-state index in [1.165, 1.54) is 31.2 Å². The molecule has 1 aliphatic carbocycles. The van der Waals surface area contributed by atoms with Crippen LogP contribution in [0.5, 0.6) is 5.75 Å². The van der Waals surface area contributed by atoms with Gasteiger partial charge in [-0.05, 0) is 55.2 Å². The maximum Gasteiger partial charge on any atom is 0.127 e. The summed E-state index contributed by atoms with van der Waals surface area (Å²) >= 11 is 0. The molecule has 0 aliphatic heterocycles. The van der Waals surface area contributed by atoms with Crippen LogP contribution in [0.4, 0.5) is 0 Å². The fourth-order valence-corrected chi connectivity index (χ4v) is 3.27. The molecule has 21 heavy (non-hydrogen) atoms. The highest BCUT2D eigenvalue weighted by Crippen LogP contribution is 2.28. The number of aryl methyl sites for hydroxylation is 1. The number of aliphatic imine (C=N–C) groups is 1. The Hall–Kier alpha value is -1.31. The number of hydrogen-bond acceptors (Lipinski definition) is 2. The second kappa shape index (κ2) is 7.11. The van der Waals surface area contributed by atoms with Gasteiger partial charge in [0.1, 0.15) is 5.75 Å². The molecule has 2 heteroatoms. The molecule has 1 aromatic rings. The number of hydrogen-bond donors (Lipinski definition) is 1. The second-order valence-corrected chi connectivity index (χ2v) is 7.07. The van der Waals surface area contributed by atoms with E-state index >= 15 is 0 Å². The molecule has 2 nitrogen and oxygen atoms in total. The zero-order valence-electron chi connectivity index (χ0n) is 13.9. The van der Waals surface area contributed by atoms with Gasteiger partial charge >= 0.3 is 0 Å². The molecule has 2 atom stereocenters. The molecule has 1 aromatic carbocycles. The number of rotatable bonds is 4. The molecule has 116 valence electrons. The maximum absolute atomic E-state index is 10.5. The van der Waals surface area contributed by atoms with Gasteiger partial charge in [-0.1, -0.05) is 39.7 Å². The van der Waals surface area contributed by atoms with E-state index in [2.05, 4.69) is 33.8 Å². The first kappa shape index (κ1) is 16.1. The van der Waals surface area contributed by atoms with Crippen molar-refractivity contribution in [2.24, 2.45) is 16.8 Å². The molecular weight excluding hydrogens is 258 g/mol. The number of aromatic hydroxyl groups is 1. The summed E-state index contributed by atoms with van der Waals surface area (Å²) in [4.78, 5) is 4.77. The minimum Gasteiger partial charge on any atom is -0.507 e. The Kier molecular flexibility index (Phi) is 5.44. The van der Waals surface area contributed by atoms with Crippen molar-refractivity contribution >= 4 is 6.21 Å². The van der Waals surface area contributed by atoms with Gasteiger partial charge in [-0.25, -0.2) is 0 Å². The lowest BCUT2D eigenvalue weighted by molar-refractivity contribution is 0.333. The van der Waals surface area contributed by atoms with Crippen molar-refractivity contribution in [2.45, 2.75) is 65.8 Å². The molecule has 0 radical (unpaired) electrons. The monoisotopic (exact) mass is 287 g/mol. The highest BCUT2D eigenvalue weighted by Gasteiger charge is 2.20. The van der Waals surface area contributed by atoms with Gasteiger partial charge in [0.15, 0.2) is 0 Å². The van der Waals surface area contributed by atoms with Gasteiger partial charge in [0, 0.05) is 11.8 Å². The van der Waals surface area contributed by atoms with Crippen molar-refractivity contribution in [3.63, 3.8) is 0 Å². The minimum atomic E-state index is 0.418. The molecular formula is C19H29NO. The average molecular weight is 287 g/mol. The average Bonchev–Trinajstić information content (AvgIpc) is 2.42. The number of phenolic OH excluding ortho intramolecular Hbond substituents is 1. The Labute approximate surface area is 129 Å². The molecule has 1 aliphatic rings. The first-order valence-electron chi connectivity index (χ1n) is 8.33. The molecule has 1 fully saturated rings. The fraction of sp³-hybridized carbons (Fsp3) is 0.632. The minimum absolute atomic E-state index is 0.418. The van der Waals surface area contributed by atoms with Gasteiger partial charge in [-0.2, -0.15) is 0 Å². The van der Waals surface area contributed by atoms with Crippen molar-refractivity contribution < 1.29 is 5.11 Å². The van der Waals surface area contributed by atoms with Gasteiger partial charge in [0.2, 0.25) is 0 Å². The van der Waals surface area contributed by atoms with E-state index < -0.39 is 0 Å². The SMILES string of the molecule is Cc1cc(C=NC2CCCCC2C)c(O)c(CC(C)C)c1. The van der Waals surface area contributed by atoms with Crippen LogP contribution in [0.15, 0.2) is 17.1 Å². The summed E-state index contributed by atoms with van der Waals surface area (Å²) in [5.74, 6) is 1.62. The Bertz CT molecular complexity index is 505. The summed E-state index contributed by atoms with van der Waals surface area (Å²) in [7, 11) is 0. The molecule has 0 spiro atoms. The molecule has 0 saturated heterocycles. The Morgan fingerprint density at radius 3 is 2.67 bits per heavy atom. The van der Waals surface area contributed by atoms with Crippen LogP contribution in [-0.4, -0.2) is 17.4 Å². The van der Waals surface area contributed by atoms with Crippen molar-refractivity contribution in [1.29, 1.82) is 0 Å². The normalized spacial score (nSPS) is 23.1. The molecule has 0 amide bonds. The smallest absolute Gasteiger partial charge is 0.127 e. The van der Waals surface area contributed by atoms with Crippen LogP contribution in [0.2, 0.25) is 0 Å². The van der Waals surface area contributed by atoms with Crippen molar-refractivity contribution in [1.82, 2.24) is 0 Å². The summed E-state index contributed by atoms with van der Waals surface area (Å²) < 4.78 is 0. The van der Waals surface area contributed by atoms with Gasteiger partial charge in [0.05, 0.1) is 6.04 Å². The Morgan fingerprint density at radius 1 is 1.29 bits per heavy atom. The lowest BCUT2D eigenvalue weighted by Gasteiger charge is -2.25. The molecule has 2 rings (SSSR count). The van der Waals surface area contributed by atoms with Crippen LogP contribution < -0.4 is 0 Å². The lowest BCUT2D eigenvalue weighted by Crippen LogP contribution is -2.20. The van der Waals surface area contributed by atoms with Gasteiger partial charge < -0.3 is 5.11 Å². The molecule has 1 saturated carbocycles. The van der Waals surface area contributed by atoms with E-state index in [0.717, 1.165) is 17.5 Å². The number of benzene rings is 1. The van der Waals surface area contributed by atoms with Crippen LogP contribution in [0.1, 0.15) is 63.1 Å². The van der Waals surface area contributed by atoms with E-state index in [1.807, 2.05) is 12.3 Å². The van der Waals surface area contributed by atoms with Gasteiger partial charge in [0.25, 0.3) is 0 Å². The number of phenols is 1. The highest BCUT2D eigenvalue weighted by molar-refractivity contribution is 5.84. The third kappa shape index (κ3) is 4.33. The van der Waals surface area contributed by atoms with Crippen LogP contribution >= 0.6 is 0 Å². The van der Waals surface area contributed by atoms with Crippen molar-refractivity contribution in [3.05, 3.63) is 28.8 Å². The van der Waals surface area contributed by atoms with E-state index in [1.54, 1.807) is 0 Å².